The van der Waals surface area contributed by atoms with E-state index in [1.54, 1.807) is 11.1 Å². The number of H-pyrrole nitrogens is 1. The van der Waals surface area contributed by atoms with E-state index in [-0.39, 0.29) is 11.3 Å². The number of hydrogen-bond donors (Lipinski definition) is 2. The highest BCUT2D eigenvalue weighted by atomic mass is 16.4. The van der Waals surface area contributed by atoms with Crippen LogP contribution in [-0.2, 0) is 5.54 Å². The molecule has 26 heavy (non-hydrogen) atoms. The Morgan fingerprint density at radius 1 is 1.38 bits per heavy atom. The number of hydrogen-bond acceptors (Lipinski definition) is 2. The van der Waals surface area contributed by atoms with E-state index < -0.39 is 11.6 Å². The van der Waals surface area contributed by atoms with Crippen molar-refractivity contribution in [2.75, 3.05) is 6.54 Å². The quantitative estimate of drug-likeness (QED) is 0.792. The summed E-state index contributed by atoms with van der Waals surface area (Å²) in [6.45, 7) is 8.83. The summed E-state index contributed by atoms with van der Waals surface area (Å²) < 4.78 is 0. The minimum absolute atomic E-state index is 0.272. The zero-order chi connectivity index (χ0) is 19.1. The smallest absolute Gasteiger partial charge is 0.408 e. The predicted molar refractivity (Wildman–Crippen MR) is 102 cm³/mol. The van der Waals surface area contributed by atoms with Crippen LogP contribution in [0.5, 0.6) is 0 Å². The lowest BCUT2D eigenvalue weighted by Gasteiger charge is -2.45. The van der Waals surface area contributed by atoms with Crippen molar-refractivity contribution in [2.45, 2.75) is 39.7 Å². The van der Waals surface area contributed by atoms with Crippen LogP contribution in [0.3, 0.4) is 0 Å². The first kappa shape index (κ1) is 18.1. The second kappa shape index (κ2) is 6.21. The Morgan fingerprint density at radius 3 is 2.58 bits per heavy atom. The average Bonchev–Trinajstić information content (AvgIpc) is 3.19. The molecule has 1 aromatic heterocycles. The fourth-order valence-electron chi connectivity index (χ4n) is 4.10. The third-order valence-electron chi connectivity index (χ3n) is 5.40. The number of amides is 1. The van der Waals surface area contributed by atoms with Crippen molar-refractivity contribution in [3.8, 4) is 23.6 Å². The molecular formula is C21H25N3O2. The molecule has 136 valence electrons. The number of likely N-dealkylation sites (tertiary alicyclic amines) is 1. The van der Waals surface area contributed by atoms with Crippen molar-refractivity contribution in [2.24, 2.45) is 11.3 Å². The van der Waals surface area contributed by atoms with Gasteiger partial charge in [0.15, 0.2) is 0 Å². The van der Waals surface area contributed by atoms with Gasteiger partial charge in [0.25, 0.3) is 0 Å². The lowest BCUT2D eigenvalue weighted by atomic mass is 9.70. The fourth-order valence-corrected chi connectivity index (χ4v) is 4.10. The summed E-state index contributed by atoms with van der Waals surface area (Å²) in [5.41, 5.74) is 1.66. The summed E-state index contributed by atoms with van der Waals surface area (Å²) in [7, 11) is 0. The van der Waals surface area contributed by atoms with Crippen molar-refractivity contribution >= 4 is 6.09 Å². The van der Waals surface area contributed by atoms with Gasteiger partial charge in [0, 0.05) is 12.1 Å². The SMILES string of the molecule is C#Cc1ccc(-c2cnc([C@@]3(C(C)(C)C)C[C@H](C)CN3C(=O)O)[nH]2)cc1. The molecule has 1 aromatic carbocycles. The number of terminal acetylenes is 1. The summed E-state index contributed by atoms with van der Waals surface area (Å²) in [6.07, 6.45) is 7.03. The topological polar surface area (TPSA) is 69.2 Å². The van der Waals surface area contributed by atoms with Gasteiger partial charge < -0.3 is 10.1 Å². The summed E-state index contributed by atoms with van der Waals surface area (Å²) in [4.78, 5) is 21.6. The van der Waals surface area contributed by atoms with Crippen molar-refractivity contribution in [3.05, 3.63) is 41.9 Å². The van der Waals surface area contributed by atoms with Crippen LogP contribution in [0.4, 0.5) is 4.79 Å². The van der Waals surface area contributed by atoms with E-state index in [9.17, 15) is 9.90 Å². The lowest BCUT2D eigenvalue weighted by Crippen LogP contribution is -2.53. The van der Waals surface area contributed by atoms with Crippen molar-refractivity contribution in [3.63, 3.8) is 0 Å². The van der Waals surface area contributed by atoms with E-state index >= 15 is 0 Å². The van der Waals surface area contributed by atoms with Gasteiger partial charge >= 0.3 is 6.09 Å². The first-order valence-electron chi connectivity index (χ1n) is 8.82. The summed E-state index contributed by atoms with van der Waals surface area (Å²) in [5.74, 6) is 3.58. The van der Waals surface area contributed by atoms with Crippen LogP contribution in [0, 0.1) is 23.7 Å². The highest BCUT2D eigenvalue weighted by Crippen LogP contribution is 2.52. The van der Waals surface area contributed by atoms with Gasteiger partial charge in [-0.3, -0.25) is 4.90 Å². The maximum atomic E-state index is 12.0. The fraction of sp³-hybridized carbons (Fsp3) is 0.429. The van der Waals surface area contributed by atoms with Gasteiger partial charge in [-0.25, -0.2) is 9.78 Å². The Hall–Kier alpha value is -2.74. The van der Waals surface area contributed by atoms with E-state index in [1.165, 1.54) is 0 Å². The minimum atomic E-state index is -0.902. The number of benzene rings is 1. The van der Waals surface area contributed by atoms with Crippen LogP contribution in [0.25, 0.3) is 11.3 Å². The number of imidazole rings is 1. The van der Waals surface area contributed by atoms with Gasteiger partial charge in [-0.05, 0) is 35.4 Å². The highest BCUT2D eigenvalue weighted by Gasteiger charge is 2.57. The molecule has 1 aliphatic heterocycles. The molecule has 2 aromatic rings. The zero-order valence-electron chi connectivity index (χ0n) is 15.7. The molecule has 2 atom stereocenters. The number of carbonyl (C=O) groups is 1. The maximum absolute atomic E-state index is 12.0. The van der Waals surface area contributed by atoms with E-state index in [0.717, 1.165) is 23.2 Å². The number of nitrogens with zero attached hydrogens (tertiary/aromatic N) is 2. The summed E-state index contributed by atoms with van der Waals surface area (Å²) >= 11 is 0. The minimum Gasteiger partial charge on any atom is -0.465 e. The van der Waals surface area contributed by atoms with Crippen molar-refractivity contribution in [1.82, 2.24) is 14.9 Å². The zero-order valence-corrected chi connectivity index (χ0v) is 15.7. The molecule has 0 saturated carbocycles. The van der Waals surface area contributed by atoms with Gasteiger partial charge in [-0.15, -0.1) is 6.42 Å². The van der Waals surface area contributed by atoms with Crippen LogP contribution < -0.4 is 0 Å². The largest absolute Gasteiger partial charge is 0.465 e. The molecule has 0 bridgehead atoms. The van der Waals surface area contributed by atoms with Crippen LogP contribution in [0.2, 0.25) is 0 Å². The van der Waals surface area contributed by atoms with E-state index in [4.69, 9.17) is 6.42 Å². The average molecular weight is 351 g/mol. The van der Waals surface area contributed by atoms with Gasteiger partial charge in [0.2, 0.25) is 0 Å². The summed E-state index contributed by atoms with van der Waals surface area (Å²) in [6, 6.07) is 7.66. The third-order valence-corrected chi connectivity index (χ3v) is 5.40. The first-order valence-corrected chi connectivity index (χ1v) is 8.82. The molecule has 2 N–H and O–H groups in total. The molecule has 3 rings (SSSR count). The molecule has 5 heteroatoms. The Kier molecular flexibility index (Phi) is 4.31. The van der Waals surface area contributed by atoms with Crippen LogP contribution in [0.15, 0.2) is 30.5 Å². The van der Waals surface area contributed by atoms with Crippen molar-refractivity contribution < 1.29 is 9.90 Å². The molecule has 0 spiro atoms. The van der Waals surface area contributed by atoms with E-state index in [1.807, 2.05) is 24.3 Å². The van der Waals surface area contributed by atoms with Crippen LogP contribution in [0.1, 0.15) is 45.5 Å². The molecule has 1 amide bonds. The number of aromatic amines is 1. The number of aromatic nitrogens is 2. The van der Waals surface area contributed by atoms with Crippen LogP contribution in [-0.4, -0.2) is 32.6 Å². The molecule has 0 radical (unpaired) electrons. The number of rotatable bonds is 2. The third kappa shape index (κ3) is 2.76. The molecule has 0 aliphatic carbocycles. The van der Waals surface area contributed by atoms with Gasteiger partial charge in [0.1, 0.15) is 11.4 Å². The van der Waals surface area contributed by atoms with E-state index in [0.29, 0.717) is 12.4 Å². The maximum Gasteiger partial charge on any atom is 0.408 e. The Bertz CT molecular complexity index is 855. The van der Waals surface area contributed by atoms with Gasteiger partial charge in [0.05, 0.1) is 11.9 Å². The van der Waals surface area contributed by atoms with Gasteiger partial charge in [-0.2, -0.15) is 0 Å². The highest BCUT2D eigenvalue weighted by molar-refractivity contribution is 5.68. The molecule has 1 fully saturated rings. The van der Waals surface area contributed by atoms with E-state index in [2.05, 4.69) is 43.6 Å². The van der Waals surface area contributed by atoms with Crippen LogP contribution >= 0.6 is 0 Å². The molecule has 2 heterocycles. The molecule has 0 unspecified atom stereocenters. The normalized spacial score (nSPS) is 23.0. The lowest BCUT2D eigenvalue weighted by molar-refractivity contribution is 0.0215. The molecule has 1 saturated heterocycles. The number of carboxylic acid groups (broad SMARTS) is 1. The second-order valence-electron chi connectivity index (χ2n) is 8.18. The monoisotopic (exact) mass is 351 g/mol. The Labute approximate surface area is 154 Å². The number of nitrogens with one attached hydrogen (secondary N) is 1. The summed E-state index contributed by atoms with van der Waals surface area (Å²) in [5, 5.41) is 9.84. The molecular weight excluding hydrogens is 326 g/mol. The Balaban J connectivity index is 2.08. The van der Waals surface area contributed by atoms with Crippen molar-refractivity contribution in [1.29, 1.82) is 0 Å². The standard InChI is InChI=1S/C21H25N3O2/c1-6-15-7-9-16(10-8-15)17-12-22-18(23-17)21(20(3,4)5)11-14(2)13-24(21)19(25)26/h1,7-10,12,14H,11,13H2,2-5H3,(H,22,23)(H,25,26)/t14-,21+/m0/s1. The predicted octanol–water partition coefficient (Wildman–Crippen LogP) is 4.32. The Morgan fingerprint density at radius 2 is 2.04 bits per heavy atom. The first-order chi connectivity index (χ1) is 12.2. The van der Waals surface area contributed by atoms with Gasteiger partial charge in [-0.1, -0.05) is 45.7 Å². The molecule has 1 aliphatic rings. The molecule has 5 nitrogen and oxygen atoms in total. The second-order valence-corrected chi connectivity index (χ2v) is 8.18.